The fourth-order valence-electron chi connectivity index (χ4n) is 4.07. The van der Waals surface area contributed by atoms with E-state index in [1.165, 1.54) is 16.7 Å². The molecule has 3 aromatic carbocycles. The lowest BCUT2D eigenvalue weighted by Crippen LogP contribution is -2.23. The summed E-state index contributed by atoms with van der Waals surface area (Å²) in [5.41, 5.74) is 8.51. The van der Waals surface area contributed by atoms with Crippen molar-refractivity contribution in [2.45, 2.75) is 37.8 Å². The van der Waals surface area contributed by atoms with Crippen LogP contribution in [0, 0.1) is 13.8 Å². The molecule has 2 aromatic heterocycles. The molecule has 0 unspecified atom stereocenters. The minimum Gasteiger partial charge on any atom is -0.348 e. The van der Waals surface area contributed by atoms with Gasteiger partial charge >= 0.3 is 0 Å². The van der Waals surface area contributed by atoms with Gasteiger partial charge < -0.3 is 9.88 Å². The normalized spacial score (nSPS) is 11.1. The molecular formula is C30H28N4OS. The van der Waals surface area contributed by atoms with Crippen LogP contribution in [0.3, 0.4) is 0 Å². The summed E-state index contributed by atoms with van der Waals surface area (Å²) in [6.07, 6.45) is 3.64. The lowest BCUT2D eigenvalue weighted by Gasteiger charge is -2.11. The third kappa shape index (κ3) is 5.50. The smallest absolute Gasteiger partial charge is 0.251 e. The Morgan fingerprint density at radius 1 is 0.917 bits per heavy atom. The zero-order valence-corrected chi connectivity index (χ0v) is 21.3. The second kappa shape index (κ2) is 10.8. The molecule has 0 aliphatic carbocycles. The summed E-state index contributed by atoms with van der Waals surface area (Å²) in [5.74, 6) is 0.772. The van der Waals surface area contributed by atoms with Crippen LogP contribution in [0.15, 0.2) is 96.4 Å². The van der Waals surface area contributed by atoms with Crippen molar-refractivity contribution >= 4 is 28.7 Å². The van der Waals surface area contributed by atoms with E-state index in [-0.39, 0.29) is 5.91 Å². The largest absolute Gasteiger partial charge is 0.348 e. The zero-order chi connectivity index (χ0) is 24.9. The maximum absolute atomic E-state index is 12.7. The van der Waals surface area contributed by atoms with Crippen LogP contribution in [0.4, 0.5) is 0 Å². The van der Waals surface area contributed by atoms with Crippen molar-refractivity contribution in [3.63, 3.8) is 0 Å². The molecule has 0 atom stereocenters. The highest BCUT2D eigenvalue weighted by Gasteiger charge is 2.13. The lowest BCUT2D eigenvalue weighted by atomic mass is 10.1. The third-order valence-corrected chi connectivity index (χ3v) is 7.31. The first-order chi connectivity index (χ1) is 17.6. The number of benzene rings is 3. The number of hydrogen-bond donors (Lipinski definition) is 1. The lowest BCUT2D eigenvalue weighted by molar-refractivity contribution is 0.0951. The van der Waals surface area contributed by atoms with E-state index >= 15 is 0 Å². The fourth-order valence-corrected chi connectivity index (χ4v) is 5.04. The Kier molecular flexibility index (Phi) is 7.14. The van der Waals surface area contributed by atoms with Crippen molar-refractivity contribution in [3.8, 4) is 0 Å². The van der Waals surface area contributed by atoms with Gasteiger partial charge in [-0.15, -0.1) is 0 Å². The molecule has 0 fully saturated rings. The van der Waals surface area contributed by atoms with Gasteiger partial charge in [0.1, 0.15) is 0 Å². The first kappa shape index (κ1) is 23.8. The second-order valence-electron chi connectivity index (χ2n) is 8.93. The molecule has 2 heterocycles. The summed E-state index contributed by atoms with van der Waals surface area (Å²) in [5, 5.41) is 3.98. The second-order valence-corrected chi connectivity index (χ2v) is 9.87. The number of nitrogens with one attached hydrogen (secondary N) is 1. The average molecular weight is 493 g/mol. The van der Waals surface area contributed by atoms with Crippen LogP contribution in [0.2, 0.25) is 0 Å². The molecule has 0 bridgehead atoms. The van der Waals surface area contributed by atoms with Gasteiger partial charge in [-0.25, -0.2) is 4.98 Å². The van der Waals surface area contributed by atoms with Crippen LogP contribution in [-0.2, 0) is 18.8 Å². The Balaban J connectivity index is 1.30. The Morgan fingerprint density at radius 2 is 1.67 bits per heavy atom. The van der Waals surface area contributed by atoms with Gasteiger partial charge in [0.2, 0.25) is 0 Å². The number of imidazole rings is 1. The first-order valence-corrected chi connectivity index (χ1v) is 13.0. The van der Waals surface area contributed by atoms with Gasteiger partial charge in [-0.2, -0.15) is 0 Å². The van der Waals surface area contributed by atoms with Crippen molar-refractivity contribution in [2.24, 2.45) is 0 Å². The van der Waals surface area contributed by atoms with Gasteiger partial charge in [-0.3, -0.25) is 9.78 Å². The van der Waals surface area contributed by atoms with Crippen molar-refractivity contribution in [1.29, 1.82) is 0 Å². The van der Waals surface area contributed by atoms with E-state index in [2.05, 4.69) is 59.0 Å². The van der Waals surface area contributed by atoms with Crippen molar-refractivity contribution in [1.82, 2.24) is 19.9 Å². The summed E-state index contributed by atoms with van der Waals surface area (Å²) in [4.78, 5) is 21.9. The number of carbonyl (C=O) groups excluding carboxylic acids is 1. The number of aryl methyl sites for hydroxylation is 2. The molecule has 5 rings (SSSR count). The molecule has 0 aliphatic heterocycles. The Bertz CT molecular complexity index is 1490. The summed E-state index contributed by atoms with van der Waals surface area (Å²) in [6, 6.07) is 26.5. The molecule has 0 spiro atoms. The van der Waals surface area contributed by atoms with Crippen LogP contribution in [0.5, 0.6) is 0 Å². The van der Waals surface area contributed by atoms with E-state index in [1.54, 1.807) is 18.0 Å². The SMILES string of the molecule is Cc1ccc(CSc2nc3ccncc3n2Cc2ccc(C(=O)NCc3ccccc3C)cc2)cc1. The Hall–Kier alpha value is -3.90. The van der Waals surface area contributed by atoms with Crippen LogP contribution >= 0.6 is 11.8 Å². The predicted octanol–water partition coefficient (Wildman–Crippen LogP) is 6.32. The predicted molar refractivity (Wildman–Crippen MR) is 146 cm³/mol. The van der Waals surface area contributed by atoms with Crippen LogP contribution in [-0.4, -0.2) is 20.4 Å². The number of thioether (sulfide) groups is 1. The topological polar surface area (TPSA) is 59.8 Å². The number of fused-ring (bicyclic) bond motifs is 1. The number of pyridine rings is 1. The minimum atomic E-state index is -0.0728. The van der Waals surface area contributed by atoms with Gasteiger partial charge in [-0.05, 0) is 54.3 Å². The Labute approximate surface area is 215 Å². The van der Waals surface area contributed by atoms with Crippen LogP contribution in [0.1, 0.15) is 38.2 Å². The van der Waals surface area contributed by atoms with E-state index in [4.69, 9.17) is 4.98 Å². The molecule has 6 heteroatoms. The number of hydrogen-bond acceptors (Lipinski definition) is 4. The van der Waals surface area contributed by atoms with E-state index in [0.717, 1.165) is 33.1 Å². The summed E-state index contributed by atoms with van der Waals surface area (Å²) in [6.45, 7) is 5.33. The van der Waals surface area contributed by atoms with E-state index in [9.17, 15) is 4.79 Å². The summed E-state index contributed by atoms with van der Waals surface area (Å²) < 4.78 is 2.20. The maximum Gasteiger partial charge on any atom is 0.251 e. The molecule has 5 aromatic rings. The standard InChI is InChI=1S/C30H28N4OS/c1-21-7-9-24(10-8-21)20-36-30-33-27-15-16-31-18-28(27)34(30)19-23-11-13-25(14-12-23)29(35)32-17-26-6-4-3-5-22(26)2/h3-16,18H,17,19-20H2,1-2H3,(H,32,35). The van der Waals surface area contributed by atoms with Gasteiger partial charge in [0.05, 0.1) is 23.8 Å². The average Bonchev–Trinajstić information content (AvgIpc) is 3.25. The molecule has 0 saturated carbocycles. The van der Waals surface area contributed by atoms with Crippen molar-refractivity contribution in [2.75, 3.05) is 0 Å². The van der Waals surface area contributed by atoms with Gasteiger partial charge in [-0.1, -0.05) is 78.0 Å². The molecule has 0 radical (unpaired) electrons. The first-order valence-electron chi connectivity index (χ1n) is 12.0. The number of rotatable bonds is 8. The Morgan fingerprint density at radius 3 is 2.44 bits per heavy atom. The zero-order valence-electron chi connectivity index (χ0n) is 20.4. The molecule has 5 nitrogen and oxygen atoms in total. The molecule has 1 N–H and O–H groups in total. The molecule has 180 valence electrons. The van der Waals surface area contributed by atoms with Gasteiger partial charge in [0, 0.05) is 24.1 Å². The third-order valence-electron chi connectivity index (χ3n) is 6.26. The van der Waals surface area contributed by atoms with Crippen LogP contribution in [0.25, 0.3) is 11.0 Å². The maximum atomic E-state index is 12.7. The van der Waals surface area contributed by atoms with E-state index in [0.29, 0.717) is 18.7 Å². The number of amides is 1. The van der Waals surface area contributed by atoms with Crippen molar-refractivity contribution < 1.29 is 4.79 Å². The highest BCUT2D eigenvalue weighted by Crippen LogP contribution is 2.27. The van der Waals surface area contributed by atoms with E-state index in [1.807, 2.05) is 54.7 Å². The summed E-state index contributed by atoms with van der Waals surface area (Å²) in [7, 11) is 0. The van der Waals surface area contributed by atoms with Crippen LogP contribution < -0.4 is 5.32 Å². The molecular weight excluding hydrogens is 464 g/mol. The fraction of sp³-hybridized carbons (Fsp3) is 0.167. The molecule has 36 heavy (non-hydrogen) atoms. The highest BCUT2D eigenvalue weighted by molar-refractivity contribution is 7.98. The highest BCUT2D eigenvalue weighted by atomic mass is 32.2. The van der Waals surface area contributed by atoms with Crippen molar-refractivity contribution in [3.05, 3.63) is 125 Å². The van der Waals surface area contributed by atoms with Gasteiger partial charge in [0.25, 0.3) is 5.91 Å². The summed E-state index contributed by atoms with van der Waals surface area (Å²) >= 11 is 1.72. The number of aromatic nitrogens is 3. The molecule has 0 saturated heterocycles. The minimum absolute atomic E-state index is 0.0728. The molecule has 1 amide bonds. The van der Waals surface area contributed by atoms with Gasteiger partial charge in [0.15, 0.2) is 5.16 Å². The number of carbonyl (C=O) groups is 1. The monoisotopic (exact) mass is 492 g/mol. The quantitative estimate of drug-likeness (QED) is 0.258. The number of nitrogens with zero attached hydrogens (tertiary/aromatic N) is 3. The van der Waals surface area contributed by atoms with E-state index < -0.39 is 0 Å². The molecule has 0 aliphatic rings.